The Bertz CT molecular complexity index is 562. The quantitative estimate of drug-likeness (QED) is 0.605. The third-order valence-corrected chi connectivity index (χ3v) is 2.93. The van der Waals surface area contributed by atoms with Gasteiger partial charge in [-0.25, -0.2) is 9.07 Å². The third kappa shape index (κ3) is 2.40. The van der Waals surface area contributed by atoms with Crippen LogP contribution >= 0.6 is 15.9 Å². The number of halogens is 5. The lowest BCUT2D eigenvalue weighted by molar-refractivity contribution is -0.137. The van der Waals surface area contributed by atoms with Gasteiger partial charge in [0.2, 0.25) is 0 Å². The molecule has 1 aromatic heterocycles. The summed E-state index contributed by atoms with van der Waals surface area (Å²) in [4.78, 5) is 0. The van der Waals surface area contributed by atoms with E-state index in [1.54, 1.807) is 6.07 Å². The number of rotatable bonds is 2. The summed E-state index contributed by atoms with van der Waals surface area (Å²) in [6.07, 6.45) is -3.11. The first kappa shape index (κ1) is 13.1. The highest BCUT2D eigenvalue weighted by Gasteiger charge is 2.31. The van der Waals surface area contributed by atoms with Crippen LogP contribution in [0.4, 0.5) is 17.6 Å². The van der Waals surface area contributed by atoms with Crippen LogP contribution in [-0.4, -0.2) is 9.78 Å². The van der Waals surface area contributed by atoms with Crippen molar-refractivity contribution in [2.24, 2.45) is 0 Å². The van der Waals surface area contributed by atoms with Crippen LogP contribution < -0.4 is 0 Å². The summed E-state index contributed by atoms with van der Waals surface area (Å²) in [7, 11) is 0. The molecule has 7 heteroatoms. The molecule has 0 aliphatic carbocycles. The fraction of sp³-hybridized carbons (Fsp3) is 0.182. The standard InChI is InChI=1S/C11H7BrF4N2/c12-6-8-3-4-17-18(8)10-5-7(11(14,15)16)1-2-9(10)13/h1-5H,6H2. The summed E-state index contributed by atoms with van der Waals surface area (Å²) in [6.45, 7) is 0. The number of benzene rings is 1. The second kappa shape index (κ2) is 4.72. The molecule has 0 radical (unpaired) electrons. The lowest BCUT2D eigenvalue weighted by atomic mass is 10.2. The first-order valence-electron chi connectivity index (χ1n) is 4.89. The monoisotopic (exact) mass is 322 g/mol. The normalized spacial score (nSPS) is 11.8. The average Bonchev–Trinajstić information content (AvgIpc) is 2.76. The highest BCUT2D eigenvalue weighted by Crippen LogP contribution is 2.31. The Hall–Kier alpha value is -1.37. The zero-order valence-electron chi connectivity index (χ0n) is 8.88. The van der Waals surface area contributed by atoms with Gasteiger partial charge in [-0.15, -0.1) is 0 Å². The summed E-state index contributed by atoms with van der Waals surface area (Å²) < 4.78 is 52.4. The summed E-state index contributed by atoms with van der Waals surface area (Å²) in [5, 5.41) is 4.18. The van der Waals surface area contributed by atoms with Gasteiger partial charge in [-0.1, -0.05) is 15.9 Å². The van der Waals surface area contributed by atoms with Crippen molar-refractivity contribution in [1.82, 2.24) is 9.78 Å². The van der Waals surface area contributed by atoms with Crippen molar-refractivity contribution in [3.63, 3.8) is 0 Å². The Morgan fingerprint density at radius 3 is 2.56 bits per heavy atom. The Labute approximate surface area is 108 Å². The molecular weight excluding hydrogens is 316 g/mol. The highest BCUT2D eigenvalue weighted by molar-refractivity contribution is 9.08. The fourth-order valence-electron chi connectivity index (χ4n) is 1.50. The zero-order valence-corrected chi connectivity index (χ0v) is 10.5. The maximum atomic E-state index is 13.6. The number of alkyl halides is 4. The number of hydrogen-bond acceptors (Lipinski definition) is 1. The van der Waals surface area contributed by atoms with E-state index in [1.807, 2.05) is 0 Å². The molecule has 2 aromatic rings. The van der Waals surface area contributed by atoms with Crippen molar-refractivity contribution in [2.45, 2.75) is 11.5 Å². The Balaban J connectivity index is 2.57. The van der Waals surface area contributed by atoms with Gasteiger partial charge in [-0.2, -0.15) is 18.3 Å². The Morgan fingerprint density at radius 1 is 1.22 bits per heavy atom. The van der Waals surface area contributed by atoms with E-state index < -0.39 is 17.6 Å². The zero-order chi connectivity index (χ0) is 13.3. The van der Waals surface area contributed by atoms with E-state index in [0.29, 0.717) is 17.1 Å². The second-order valence-electron chi connectivity index (χ2n) is 3.53. The molecule has 0 saturated heterocycles. The molecule has 0 aliphatic heterocycles. The van der Waals surface area contributed by atoms with Gasteiger partial charge in [0.1, 0.15) is 11.5 Å². The summed E-state index contributed by atoms with van der Waals surface area (Å²) in [5.41, 5.74) is -0.563. The van der Waals surface area contributed by atoms with Crippen molar-refractivity contribution >= 4 is 15.9 Å². The number of aromatic nitrogens is 2. The molecule has 2 rings (SSSR count). The van der Waals surface area contributed by atoms with Crippen molar-refractivity contribution in [3.05, 3.63) is 47.5 Å². The molecule has 0 amide bonds. The van der Waals surface area contributed by atoms with Crippen LogP contribution in [0.3, 0.4) is 0 Å². The van der Waals surface area contributed by atoms with Gasteiger partial charge in [0.05, 0.1) is 11.3 Å². The summed E-state index contributed by atoms with van der Waals surface area (Å²) in [5.74, 6) is -0.756. The van der Waals surface area contributed by atoms with Crippen LogP contribution in [0.5, 0.6) is 0 Å². The van der Waals surface area contributed by atoms with Crippen LogP contribution in [0.2, 0.25) is 0 Å². The lowest BCUT2D eigenvalue weighted by Crippen LogP contribution is -2.09. The minimum atomic E-state index is -4.51. The van der Waals surface area contributed by atoms with Gasteiger partial charge >= 0.3 is 6.18 Å². The smallest absolute Gasteiger partial charge is 0.234 e. The topological polar surface area (TPSA) is 17.8 Å². The molecule has 18 heavy (non-hydrogen) atoms. The molecular formula is C11H7BrF4N2. The van der Waals surface area contributed by atoms with E-state index in [2.05, 4.69) is 21.0 Å². The third-order valence-electron chi connectivity index (χ3n) is 2.36. The van der Waals surface area contributed by atoms with Gasteiger partial charge in [-0.3, -0.25) is 0 Å². The summed E-state index contributed by atoms with van der Waals surface area (Å²) >= 11 is 3.16. The van der Waals surface area contributed by atoms with Crippen molar-refractivity contribution in [1.29, 1.82) is 0 Å². The molecule has 0 aliphatic rings. The maximum absolute atomic E-state index is 13.6. The van der Waals surface area contributed by atoms with Crippen LogP contribution in [0.1, 0.15) is 11.3 Å². The van der Waals surface area contributed by atoms with Gasteiger partial charge < -0.3 is 0 Å². The van der Waals surface area contributed by atoms with Crippen molar-refractivity contribution in [2.75, 3.05) is 0 Å². The van der Waals surface area contributed by atoms with Gasteiger partial charge in [-0.05, 0) is 24.3 Å². The van der Waals surface area contributed by atoms with Crippen LogP contribution in [0.25, 0.3) is 5.69 Å². The Morgan fingerprint density at radius 2 is 1.94 bits per heavy atom. The minimum Gasteiger partial charge on any atom is -0.234 e. The molecule has 96 valence electrons. The molecule has 0 atom stereocenters. The largest absolute Gasteiger partial charge is 0.416 e. The van der Waals surface area contributed by atoms with E-state index in [1.165, 1.54) is 6.20 Å². The lowest BCUT2D eigenvalue weighted by Gasteiger charge is -2.11. The van der Waals surface area contributed by atoms with Gasteiger partial charge in [0.25, 0.3) is 0 Å². The molecule has 0 bridgehead atoms. The fourth-order valence-corrected chi connectivity index (χ4v) is 1.92. The van der Waals surface area contributed by atoms with Crippen LogP contribution in [0.15, 0.2) is 30.5 Å². The first-order chi connectivity index (χ1) is 8.43. The van der Waals surface area contributed by atoms with Crippen molar-refractivity contribution < 1.29 is 17.6 Å². The molecule has 2 nitrogen and oxygen atoms in total. The highest BCUT2D eigenvalue weighted by atomic mass is 79.9. The molecule has 0 N–H and O–H groups in total. The number of hydrogen-bond donors (Lipinski definition) is 0. The minimum absolute atomic E-state index is 0.218. The van der Waals surface area contributed by atoms with E-state index in [-0.39, 0.29) is 5.69 Å². The molecule has 0 saturated carbocycles. The molecule has 0 unspecified atom stereocenters. The number of nitrogens with zero attached hydrogens (tertiary/aromatic N) is 2. The van der Waals surface area contributed by atoms with E-state index >= 15 is 0 Å². The van der Waals surface area contributed by atoms with E-state index in [0.717, 1.165) is 16.8 Å². The van der Waals surface area contributed by atoms with Gasteiger partial charge in [0.15, 0.2) is 0 Å². The molecule has 0 fully saturated rings. The van der Waals surface area contributed by atoms with Gasteiger partial charge in [0, 0.05) is 11.5 Å². The van der Waals surface area contributed by atoms with E-state index in [4.69, 9.17) is 0 Å². The van der Waals surface area contributed by atoms with Crippen LogP contribution in [0, 0.1) is 5.82 Å². The predicted molar refractivity (Wildman–Crippen MR) is 61.2 cm³/mol. The maximum Gasteiger partial charge on any atom is 0.416 e. The molecule has 1 heterocycles. The summed E-state index contributed by atoms with van der Waals surface area (Å²) in [6, 6.07) is 3.83. The second-order valence-corrected chi connectivity index (χ2v) is 4.09. The average molecular weight is 323 g/mol. The molecule has 1 aromatic carbocycles. The van der Waals surface area contributed by atoms with Crippen molar-refractivity contribution in [3.8, 4) is 5.69 Å². The predicted octanol–water partition coefficient (Wildman–Crippen LogP) is 3.93. The van der Waals surface area contributed by atoms with Crippen LogP contribution in [-0.2, 0) is 11.5 Å². The Kier molecular flexibility index (Phi) is 3.43. The molecule has 0 spiro atoms. The SMILES string of the molecule is Fc1ccc(C(F)(F)F)cc1-n1nccc1CBr. The van der Waals surface area contributed by atoms with E-state index in [9.17, 15) is 17.6 Å². The first-order valence-corrected chi connectivity index (χ1v) is 6.01.